The Bertz CT molecular complexity index is 314. The summed E-state index contributed by atoms with van der Waals surface area (Å²) < 4.78 is 0. The van der Waals surface area contributed by atoms with Gasteiger partial charge in [-0.05, 0) is 62.4 Å². The van der Waals surface area contributed by atoms with Crippen molar-refractivity contribution < 1.29 is 4.79 Å². The van der Waals surface area contributed by atoms with Crippen LogP contribution in [0, 0.1) is 17.3 Å². The predicted octanol–water partition coefficient (Wildman–Crippen LogP) is 3.13. The minimum Gasteiger partial charge on any atom is -0.353 e. The van der Waals surface area contributed by atoms with Crippen LogP contribution >= 0.6 is 12.4 Å². The summed E-state index contributed by atoms with van der Waals surface area (Å²) in [5.41, 5.74) is 0.455. The van der Waals surface area contributed by atoms with Gasteiger partial charge in [0.15, 0.2) is 0 Å². The molecule has 0 spiro atoms. The lowest BCUT2D eigenvalue weighted by Crippen LogP contribution is -2.44. The van der Waals surface area contributed by atoms with Crippen molar-refractivity contribution in [2.24, 2.45) is 17.3 Å². The molecule has 1 heterocycles. The first-order chi connectivity index (χ1) is 8.96. The molecule has 2 fully saturated rings. The molecule has 0 aromatic carbocycles. The quantitative estimate of drug-likeness (QED) is 0.838. The number of nitrogens with one attached hydrogen (secondary N) is 2. The smallest absolute Gasteiger partial charge is 0.220 e. The summed E-state index contributed by atoms with van der Waals surface area (Å²) in [6.07, 6.45) is 6.59. The van der Waals surface area contributed by atoms with Crippen LogP contribution in [-0.4, -0.2) is 25.0 Å². The topological polar surface area (TPSA) is 41.1 Å². The number of carbonyl (C=O) groups excluding carboxylic acids is 1. The number of amides is 1. The highest BCUT2D eigenvalue weighted by molar-refractivity contribution is 5.85. The highest BCUT2D eigenvalue weighted by atomic mass is 35.5. The van der Waals surface area contributed by atoms with Crippen molar-refractivity contribution in [2.45, 2.75) is 65.3 Å². The molecule has 118 valence electrons. The Labute approximate surface area is 130 Å². The highest BCUT2D eigenvalue weighted by Gasteiger charge is 2.32. The summed E-state index contributed by atoms with van der Waals surface area (Å²) >= 11 is 0. The van der Waals surface area contributed by atoms with E-state index >= 15 is 0 Å². The zero-order valence-electron chi connectivity index (χ0n) is 13.2. The van der Waals surface area contributed by atoms with Crippen LogP contribution in [0.25, 0.3) is 0 Å². The molecule has 0 aromatic heterocycles. The zero-order valence-corrected chi connectivity index (χ0v) is 14.0. The Morgan fingerprint density at radius 3 is 2.70 bits per heavy atom. The van der Waals surface area contributed by atoms with Gasteiger partial charge in [-0.25, -0.2) is 0 Å². The lowest BCUT2D eigenvalue weighted by molar-refractivity contribution is -0.122. The summed E-state index contributed by atoms with van der Waals surface area (Å²) in [7, 11) is 0. The number of hydrogen-bond acceptors (Lipinski definition) is 2. The van der Waals surface area contributed by atoms with Crippen molar-refractivity contribution in [3.63, 3.8) is 0 Å². The molecule has 0 aromatic rings. The largest absolute Gasteiger partial charge is 0.353 e. The van der Waals surface area contributed by atoms with Gasteiger partial charge in [-0.15, -0.1) is 12.4 Å². The second-order valence-electron chi connectivity index (χ2n) is 7.46. The molecule has 3 nitrogen and oxygen atoms in total. The maximum Gasteiger partial charge on any atom is 0.220 e. The van der Waals surface area contributed by atoms with E-state index in [1.165, 1.54) is 19.3 Å². The molecule has 2 aliphatic rings. The second-order valence-corrected chi connectivity index (χ2v) is 7.46. The maximum absolute atomic E-state index is 12.0. The first-order valence-electron chi connectivity index (χ1n) is 7.96. The predicted molar refractivity (Wildman–Crippen MR) is 86.2 cm³/mol. The summed E-state index contributed by atoms with van der Waals surface area (Å²) in [4.78, 5) is 12.0. The molecule has 20 heavy (non-hydrogen) atoms. The van der Waals surface area contributed by atoms with Crippen molar-refractivity contribution in [1.82, 2.24) is 10.6 Å². The summed E-state index contributed by atoms with van der Waals surface area (Å²) in [5.74, 6) is 1.60. The van der Waals surface area contributed by atoms with Crippen molar-refractivity contribution in [3.8, 4) is 0 Å². The number of halogens is 1. The number of rotatable bonds is 4. The van der Waals surface area contributed by atoms with E-state index in [0.717, 1.165) is 25.9 Å². The summed E-state index contributed by atoms with van der Waals surface area (Å²) in [6, 6.07) is 0.405. The summed E-state index contributed by atoms with van der Waals surface area (Å²) in [5, 5.41) is 6.63. The molecule has 2 rings (SSSR count). The minimum absolute atomic E-state index is 0. The fraction of sp³-hybridized carbons (Fsp3) is 0.938. The molecule has 4 heteroatoms. The Hall–Kier alpha value is -0.280. The van der Waals surface area contributed by atoms with Gasteiger partial charge in [0.25, 0.3) is 0 Å². The van der Waals surface area contributed by atoms with Gasteiger partial charge in [-0.3, -0.25) is 4.79 Å². The van der Waals surface area contributed by atoms with Gasteiger partial charge in [0.05, 0.1) is 0 Å². The molecular weight excluding hydrogens is 272 g/mol. The number of carbonyl (C=O) groups is 1. The van der Waals surface area contributed by atoms with Gasteiger partial charge in [0, 0.05) is 12.5 Å². The van der Waals surface area contributed by atoms with E-state index in [1.54, 1.807) is 0 Å². The van der Waals surface area contributed by atoms with Gasteiger partial charge in [-0.1, -0.05) is 20.8 Å². The van der Waals surface area contributed by atoms with Crippen LogP contribution in [0.4, 0.5) is 0 Å². The molecule has 1 amide bonds. The Morgan fingerprint density at radius 1 is 1.35 bits per heavy atom. The van der Waals surface area contributed by atoms with Gasteiger partial charge in [0.2, 0.25) is 5.91 Å². The molecule has 1 saturated carbocycles. The molecule has 1 aliphatic carbocycles. The van der Waals surface area contributed by atoms with E-state index in [0.29, 0.717) is 29.7 Å². The minimum atomic E-state index is 0. The summed E-state index contributed by atoms with van der Waals surface area (Å²) in [6.45, 7) is 9.19. The normalized spacial score (nSPS) is 32.5. The lowest BCUT2D eigenvalue weighted by atomic mass is 9.70. The molecule has 0 radical (unpaired) electrons. The SMILES string of the molecule is CC1CC(C)(C)CCC1NC(=O)CCC1CCNC1.Cl. The standard InChI is InChI=1S/C16H30N2O.ClH/c1-12-10-16(2,3)8-6-14(12)18-15(19)5-4-13-7-9-17-11-13;/h12-14,17H,4-11H2,1-3H3,(H,18,19);1H. The van der Waals surface area contributed by atoms with Crippen LogP contribution < -0.4 is 10.6 Å². The molecule has 3 atom stereocenters. The number of hydrogen-bond donors (Lipinski definition) is 2. The van der Waals surface area contributed by atoms with E-state index in [-0.39, 0.29) is 18.3 Å². The van der Waals surface area contributed by atoms with E-state index in [4.69, 9.17) is 0 Å². The molecule has 1 saturated heterocycles. The van der Waals surface area contributed by atoms with Crippen LogP contribution in [0.5, 0.6) is 0 Å². The fourth-order valence-electron chi connectivity index (χ4n) is 3.74. The van der Waals surface area contributed by atoms with E-state index < -0.39 is 0 Å². The van der Waals surface area contributed by atoms with Gasteiger partial charge in [0.1, 0.15) is 0 Å². The van der Waals surface area contributed by atoms with Gasteiger partial charge >= 0.3 is 0 Å². The third kappa shape index (κ3) is 5.25. The van der Waals surface area contributed by atoms with Crippen LogP contribution in [0.2, 0.25) is 0 Å². The van der Waals surface area contributed by atoms with E-state index in [1.807, 2.05) is 0 Å². The zero-order chi connectivity index (χ0) is 13.9. The Kier molecular flexibility index (Phi) is 6.80. The average Bonchev–Trinajstić information content (AvgIpc) is 2.83. The molecule has 2 N–H and O–H groups in total. The third-order valence-corrected chi connectivity index (χ3v) is 4.98. The molecule has 1 aliphatic heterocycles. The highest BCUT2D eigenvalue weighted by Crippen LogP contribution is 2.38. The Morgan fingerprint density at radius 2 is 2.10 bits per heavy atom. The fourth-order valence-corrected chi connectivity index (χ4v) is 3.74. The third-order valence-electron chi connectivity index (χ3n) is 4.98. The second kappa shape index (κ2) is 7.65. The van der Waals surface area contributed by atoms with E-state index in [2.05, 4.69) is 31.4 Å². The molecular formula is C16H31ClN2O. The van der Waals surface area contributed by atoms with Crippen molar-refractivity contribution in [1.29, 1.82) is 0 Å². The lowest BCUT2D eigenvalue weighted by Gasteiger charge is -2.39. The molecule has 0 bridgehead atoms. The van der Waals surface area contributed by atoms with E-state index in [9.17, 15) is 4.79 Å². The van der Waals surface area contributed by atoms with Crippen LogP contribution in [0.1, 0.15) is 59.3 Å². The van der Waals surface area contributed by atoms with Crippen LogP contribution in [0.15, 0.2) is 0 Å². The van der Waals surface area contributed by atoms with Crippen molar-refractivity contribution in [2.75, 3.05) is 13.1 Å². The first-order valence-corrected chi connectivity index (χ1v) is 7.96. The van der Waals surface area contributed by atoms with Crippen LogP contribution in [-0.2, 0) is 4.79 Å². The Balaban J connectivity index is 0.00000200. The van der Waals surface area contributed by atoms with Crippen molar-refractivity contribution >= 4 is 18.3 Å². The van der Waals surface area contributed by atoms with Gasteiger partial charge in [-0.2, -0.15) is 0 Å². The van der Waals surface area contributed by atoms with Crippen molar-refractivity contribution in [3.05, 3.63) is 0 Å². The average molecular weight is 303 g/mol. The monoisotopic (exact) mass is 302 g/mol. The maximum atomic E-state index is 12.0. The van der Waals surface area contributed by atoms with Crippen LogP contribution in [0.3, 0.4) is 0 Å². The van der Waals surface area contributed by atoms with Gasteiger partial charge < -0.3 is 10.6 Å². The first kappa shape index (κ1) is 17.8. The molecule has 3 unspecified atom stereocenters.